The quantitative estimate of drug-likeness (QED) is 0.863. The van der Waals surface area contributed by atoms with Gasteiger partial charge >= 0.3 is 0 Å². The molecule has 0 saturated carbocycles. The van der Waals surface area contributed by atoms with Crippen molar-refractivity contribution in [1.82, 2.24) is 0 Å². The molecule has 0 atom stereocenters. The largest absolute Gasteiger partial charge is 0.488 e. The minimum atomic E-state index is -0.584. The van der Waals surface area contributed by atoms with Gasteiger partial charge in [-0.15, -0.1) is 0 Å². The number of rotatable bonds is 4. The van der Waals surface area contributed by atoms with Gasteiger partial charge in [0.15, 0.2) is 5.75 Å². The number of benzene rings is 1. The fourth-order valence-corrected chi connectivity index (χ4v) is 1.80. The molecule has 2 rings (SSSR count). The van der Waals surface area contributed by atoms with Crippen LogP contribution in [-0.4, -0.2) is 6.61 Å². The van der Waals surface area contributed by atoms with Crippen molar-refractivity contribution < 1.29 is 4.74 Å². The van der Waals surface area contributed by atoms with Crippen molar-refractivity contribution in [2.45, 2.75) is 13.8 Å². The Labute approximate surface area is 109 Å². The van der Waals surface area contributed by atoms with E-state index in [1.165, 1.54) is 0 Å². The molecule has 4 nitrogen and oxygen atoms in total. The lowest BCUT2D eigenvalue weighted by Gasteiger charge is -2.14. The zero-order chi connectivity index (χ0) is 13.3. The molecule has 0 aliphatic carbocycles. The Bertz CT molecular complexity index is 657. The molecule has 0 spiro atoms. The van der Waals surface area contributed by atoms with Gasteiger partial charge in [0.2, 0.25) is 0 Å². The molecule has 18 heavy (non-hydrogen) atoms. The maximum absolute atomic E-state index is 11.5. The molecule has 0 saturated heterocycles. The van der Waals surface area contributed by atoms with Crippen LogP contribution in [-0.2, 0) is 0 Å². The summed E-state index contributed by atoms with van der Waals surface area (Å²) in [4.78, 5) is 22.8. The molecule has 2 aromatic rings. The second-order valence-corrected chi connectivity index (χ2v) is 4.32. The minimum Gasteiger partial charge on any atom is -0.488 e. The van der Waals surface area contributed by atoms with Crippen molar-refractivity contribution >= 4 is 23.0 Å². The molecule has 0 aliphatic rings. The maximum Gasteiger partial charge on any atom is 0.272 e. The molecular weight excluding hydrogens is 254 g/mol. The highest BCUT2D eigenvalue weighted by atomic mass is 35.5. The number of nitrogens with one attached hydrogen (secondary N) is 1. The lowest BCUT2D eigenvalue weighted by molar-refractivity contribution is 0.335. The van der Waals surface area contributed by atoms with Crippen molar-refractivity contribution in [1.29, 1.82) is 0 Å². The van der Waals surface area contributed by atoms with E-state index in [-0.39, 0.29) is 11.4 Å². The van der Waals surface area contributed by atoms with Gasteiger partial charge in [0.1, 0.15) is 5.69 Å². The van der Waals surface area contributed by atoms with Crippen molar-refractivity contribution in [2.24, 2.45) is 0 Å². The monoisotopic (exact) mass is 265 g/mol. The number of anilines is 2. The highest BCUT2D eigenvalue weighted by molar-refractivity contribution is 6.30. The van der Waals surface area contributed by atoms with Gasteiger partial charge in [-0.05, 0) is 31.5 Å². The predicted octanol–water partition coefficient (Wildman–Crippen LogP) is 2.39. The highest BCUT2D eigenvalue weighted by Gasteiger charge is 2.22. The second kappa shape index (κ2) is 4.82. The first-order chi connectivity index (χ1) is 8.54. The molecule has 94 valence electrons. The summed E-state index contributed by atoms with van der Waals surface area (Å²) in [6, 6.07) is 5.29. The standard InChI is InChI=1S/C13H12ClNO3/c1-3-18-13-10(11(16)12(13)17)15-9-6-8(14)5-4-7(9)2/h4-6,15H,3H2,1-2H3. The summed E-state index contributed by atoms with van der Waals surface area (Å²) in [5, 5.41) is 3.46. The van der Waals surface area contributed by atoms with E-state index in [0.717, 1.165) is 5.56 Å². The zero-order valence-electron chi connectivity index (χ0n) is 10.0. The Kier molecular flexibility index (Phi) is 3.39. The van der Waals surface area contributed by atoms with E-state index < -0.39 is 10.9 Å². The molecule has 0 fully saturated rings. The molecule has 0 bridgehead atoms. The molecule has 0 unspecified atom stereocenters. The van der Waals surface area contributed by atoms with Gasteiger partial charge in [-0.2, -0.15) is 0 Å². The number of aryl methyl sites for hydroxylation is 1. The normalized spacial score (nSPS) is 10.6. The maximum atomic E-state index is 11.5. The van der Waals surface area contributed by atoms with Gasteiger partial charge < -0.3 is 10.1 Å². The fraction of sp³-hybridized carbons (Fsp3) is 0.231. The van der Waals surface area contributed by atoms with Crippen LogP contribution in [0.15, 0.2) is 27.8 Å². The summed E-state index contributed by atoms with van der Waals surface area (Å²) in [6.45, 7) is 3.98. The van der Waals surface area contributed by atoms with Gasteiger partial charge in [-0.25, -0.2) is 0 Å². The molecular formula is C13H12ClNO3. The van der Waals surface area contributed by atoms with E-state index in [1.807, 2.05) is 13.0 Å². The summed E-state index contributed by atoms with van der Waals surface area (Å²) < 4.78 is 5.13. The first-order valence-corrected chi connectivity index (χ1v) is 5.91. The molecule has 1 N–H and O–H groups in total. The van der Waals surface area contributed by atoms with Crippen LogP contribution in [0.3, 0.4) is 0 Å². The summed E-state index contributed by atoms with van der Waals surface area (Å²) >= 11 is 5.88. The van der Waals surface area contributed by atoms with Gasteiger partial charge in [-0.1, -0.05) is 17.7 Å². The van der Waals surface area contributed by atoms with E-state index >= 15 is 0 Å². The van der Waals surface area contributed by atoms with E-state index in [4.69, 9.17) is 16.3 Å². The Morgan fingerprint density at radius 3 is 2.67 bits per heavy atom. The smallest absolute Gasteiger partial charge is 0.272 e. The summed E-state index contributed by atoms with van der Waals surface area (Å²) in [7, 11) is 0. The second-order valence-electron chi connectivity index (χ2n) is 3.88. The first-order valence-electron chi connectivity index (χ1n) is 5.54. The molecule has 0 amide bonds. The minimum absolute atomic E-state index is 0.0990. The van der Waals surface area contributed by atoms with E-state index in [9.17, 15) is 9.59 Å². The fourth-order valence-electron chi connectivity index (χ4n) is 1.63. The van der Waals surface area contributed by atoms with Gasteiger partial charge in [0, 0.05) is 10.7 Å². The topological polar surface area (TPSA) is 55.4 Å². The summed E-state index contributed by atoms with van der Waals surface area (Å²) in [6.07, 6.45) is 0. The van der Waals surface area contributed by atoms with Crippen LogP contribution in [0.2, 0.25) is 5.02 Å². The van der Waals surface area contributed by atoms with Crippen molar-refractivity contribution in [3.05, 3.63) is 49.2 Å². The molecule has 0 aliphatic heterocycles. The van der Waals surface area contributed by atoms with Gasteiger partial charge in [-0.3, -0.25) is 9.59 Å². The van der Waals surface area contributed by atoms with Crippen molar-refractivity contribution in [2.75, 3.05) is 11.9 Å². The van der Waals surface area contributed by atoms with Crippen LogP contribution in [0.4, 0.5) is 11.4 Å². The van der Waals surface area contributed by atoms with Crippen molar-refractivity contribution in [3.63, 3.8) is 0 Å². The molecule has 5 heteroatoms. The number of hydrogen-bond donors (Lipinski definition) is 1. The number of halogens is 1. The summed E-state index contributed by atoms with van der Waals surface area (Å²) in [5.41, 5.74) is 0.675. The van der Waals surface area contributed by atoms with Gasteiger partial charge in [0.25, 0.3) is 10.9 Å². The van der Waals surface area contributed by atoms with Crippen LogP contribution < -0.4 is 20.9 Å². The van der Waals surface area contributed by atoms with Crippen LogP contribution in [0.1, 0.15) is 12.5 Å². The third kappa shape index (κ3) is 2.11. The van der Waals surface area contributed by atoms with Gasteiger partial charge in [0.05, 0.1) is 6.61 Å². The third-order valence-electron chi connectivity index (χ3n) is 2.61. The van der Waals surface area contributed by atoms with Crippen molar-refractivity contribution in [3.8, 4) is 5.75 Å². The first kappa shape index (κ1) is 12.6. The highest BCUT2D eigenvalue weighted by Crippen LogP contribution is 2.27. The van der Waals surface area contributed by atoms with E-state index in [2.05, 4.69) is 5.32 Å². The number of hydrogen-bond acceptors (Lipinski definition) is 4. The zero-order valence-corrected chi connectivity index (χ0v) is 10.8. The predicted molar refractivity (Wildman–Crippen MR) is 72.0 cm³/mol. The lowest BCUT2D eigenvalue weighted by Crippen LogP contribution is -2.35. The lowest BCUT2D eigenvalue weighted by atomic mass is 10.1. The molecule has 0 aromatic heterocycles. The van der Waals surface area contributed by atoms with Crippen LogP contribution in [0, 0.1) is 6.92 Å². The molecule has 2 aromatic carbocycles. The van der Waals surface area contributed by atoms with Crippen LogP contribution in [0.25, 0.3) is 0 Å². The molecule has 0 heterocycles. The summed E-state index contributed by atoms with van der Waals surface area (Å²) in [5.74, 6) is 0.0990. The average Bonchev–Trinajstić information content (AvgIpc) is 2.37. The third-order valence-corrected chi connectivity index (χ3v) is 2.85. The Balaban J connectivity index is 2.35. The Hall–Kier alpha value is -1.81. The Morgan fingerprint density at radius 2 is 2.00 bits per heavy atom. The Morgan fingerprint density at radius 1 is 1.28 bits per heavy atom. The van der Waals surface area contributed by atoms with Crippen LogP contribution >= 0.6 is 11.6 Å². The van der Waals surface area contributed by atoms with E-state index in [0.29, 0.717) is 17.3 Å². The van der Waals surface area contributed by atoms with E-state index in [1.54, 1.807) is 19.1 Å². The van der Waals surface area contributed by atoms with Crippen LogP contribution in [0.5, 0.6) is 5.75 Å². The molecule has 0 radical (unpaired) electrons. The SMILES string of the molecule is CCOc1c(Nc2cc(Cl)ccc2C)c(=O)c1=O. The average molecular weight is 266 g/mol. The number of ether oxygens (including phenoxy) is 1.